The summed E-state index contributed by atoms with van der Waals surface area (Å²) in [6.45, 7) is 6.39. The van der Waals surface area contributed by atoms with Crippen molar-refractivity contribution in [2.24, 2.45) is 0 Å². The molecule has 2 nitrogen and oxygen atoms in total. The van der Waals surface area contributed by atoms with Crippen molar-refractivity contribution >= 4 is 0 Å². The third-order valence-electron chi connectivity index (χ3n) is 3.09. The zero-order valence-corrected chi connectivity index (χ0v) is 11.2. The minimum Gasteiger partial charge on any atom is -0.306 e. The summed E-state index contributed by atoms with van der Waals surface area (Å²) in [6.07, 6.45) is 2.73. The van der Waals surface area contributed by atoms with Gasteiger partial charge in [0.15, 0.2) is 0 Å². The van der Waals surface area contributed by atoms with E-state index in [0.717, 1.165) is 25.9 Å². The van der Waals surface area contributed by atoms with Crippen LogP contribution in [0.2, 0.25) is 0 Å². The lowest BCUT2D eigenvalue weighted by atomic mass is 10.0. The van der Waals surface area contributed by atoms with E-state index in [9.17, 15) is 0 Å². The fourth-order valence-electron chi connectivity index (χ4n) is 1.98. The highest BCUT2D eigenvalue weighted by molar-refractivity contribution is 5.30. The molecule has 0 aliphatic carbocycles. The Hall–Kier alpha value is -1.33. The van der Waals surface area contributed by atoms with Gasteiger partial charge in [-0.2, -0.15) is 5.26 Å². The number of hydrogen-bond acceptors (Lipinski definition) is 2. The molecule has 0 heterocycles. The fourth-order valence-corrected chi connectivity index (χ4v) is 1.98. The van der Waals surface area contributed by atoms with Gasteiger partial charge in [0.1, 0.15) is 0 Å². The smallest absolute Gasteiger partial charge is 0.0622 e. The Morgan fingerprint density at radius 3 is 2.65 bits per heavy atom. The predicted octanol–water partition coefficient (Wildman–Crippen LogP) is 3.08. The molecule has 0 N–H and O–H groups in total. The second-order valence-electron chi connectivity index (χ2n) is 4.74. The molecule has 92 valence electrons. The molecule has 0 aromatic heterocycles. The second-order valence-corrected chi connectivity index (χ2v) is 4.74. The van der Waals surface area contributed by atoms with Crippen LogP contribution in [-0.2, 0) is 6.42 Å². The molecule has 0 spiro atoms. The molecule has 2 heteroatoms. The monoisotopic (exact) mass is 230 g/mol. The summed E-state index contributed by atoms with van der Waals surface area (Å²) in [5.41, 5.74) is 4.15. The molecule has 1 rings (SSSR count). The maximum absolute atomic E-state index is 8.48. The Balaban J connectivity index is 2.37. The SMILES string of the molecule is Cc1ccc(CCN(C)CCCC#N)c(C)c1. The average molecular weight is 230 g/mol. The third kappa shape index (κ3) is 5.01. The molecule has 0 bridgehead atoms. The van der Waals surface area contributed by atoms with Crippen LogP contribution in [0.1, 0.15) is 29.5 Å². The van der Waals surface area contributed by atoms with Crippen LogP contribution >= 0.6 is 0 Å². The van der Waals surface area contributed by atoms with E-state index in [1.807, 2.05) is 0 Å². The maximum atomic E-state index is 8.48. The molecule has 0 radical (unpaired) electrons. The number of nitrogens with zero attached hydrogens (tertiary/aromatic N) is 2. The van der Waals surface area contributed by atoms with E-state index in [-0.39, 0.29) is 0 Å². The first kappa shape index (κ1) is 13.7. The summed E-state index contributed by atoms with van der Waals surface area (Å²) in [5, 5.41) is 8.48. The standard InChI is InChI=1S/C15H22N2/c1-13-6-7-15(14(2)12-13)8-11-17(3)10-5-4-9-16/h6-7,12H,4-5,8,10-11H2,1-3H3. The molecule has 1 aromatic carbocycles. The summed E-state index contributed by atoms with van der Waals surface area (Å²) < 4.78 is 0. The minimum atomic E-state index is 0.661. The van der Waals surface area contributed by atoms with Crippen molar-refractivity contribution in [3.8, 4) is 6.07 Å². The highest BCUT2D eigenvalue weighted by Crippen LogP contribution is 2.11. The Kier molecular flexibility index (Phi) is 5.72. The topological polar surface area (TPSA) is 27.0 Å². The molecule has 0 aliphatic heterocycles. The first-order valence-corrected chi connectivity index (χ1v) is 6.25. The van der Waals surface area contributed by atoms with Gasteiger partial charge in [-0.05, 0) is 51.4 Å². The molecule has 0 unspecified atom stereocenters. The van der Waals surface area contributed by atoms with Crippen molar-refractivity contribution in [1.29, 1.82) is 5.26 Å². The van der Waals surface area contributed by atoms with Gasteiger partial charge in [0.2, 0.25) is 0 Å². The van der Waals surface area contributed by atoms with E-state index in [1.54, 1.807) is 0 Å². The Labute approximate surface area is 105 Å². The first-order chi connectivity index (χ1) is 8.13. The molecule has 0 saturated carbocycles. The summed E-state index contributed by atoms with van der Waals surface area (Å²) in [4.78, 5) is 2.30. The molecule has 0 aliphatic rings. The van der Waals surface area contributed by atoms with E-state index in [0.29, 0.717) is 6.42 Å². The normalized spacial score (nSPS) is 10.5. The van der Waals surface area contributed by atoms with Crippen LogP contribution in [-0.4, -0.2) is 25.0 Å². The molecule has 0 fully saturated rings. The van der Waals surface area contributed by atoms with Crippen LogP contribution in [0.3, 0.4) is 0 Å². The van der Waals surface area contributed by atoms with Crippen LogP contribution in [0, 0.1) is 25.2 Å². The van der Waals surface area contributed by atoms with Gasteiger partial charge >= 0.3 is 0 Å². The number of aryl methyl sites for hydroxylation is 2. The van der Waals surface area contributed by atoms with E-state index in [4.69, 9.17) is 5.26 Å². The highest BCUT2D eigenvalue weighted by atomic mass is 15.1. The van der Waals surface area contributed by atoms with Crippen LogP contribution in [0.25, 0.3) is 0 Å². The van der Waals surface area contributed by atoms with E-state index < -0.39 is 0 Å². The number of unbranched alkanes of at least 4 members (excludes halogenated alkanes) is 1. The summed E-state index contributed by atoms with van der Waals surface area (Å²) in [6, 6.07) is 8.84. The van der Waals surface area contributed by atoms with Crippen molar-refractivity contribution in [2.75, 3.05) is 20.1 Å². The summed E-state index contributed by atoms with van der Waals surface area (Å²) in [5.74, 6) is 0. The van der Waals surface area contributed by atoms with Crippen molar-refractivity contribution < 1.29 is 0 Å². The molecule has 0 amide bonds. The molecular formula is C15H22N2. The molecular weight excluding hydrogens is 208 g/mol. The Morgan fingerprint density at radius 2 is 2.00 bits per heavy atom. The molecule has 0 atom stereocenters. The highest BCUT2D eigenvalue weighted by Gasteiger charge is 2.02. The Morgan fingerprint density at radius 1 is 1.24 bits per heavy atom. The number of likely N-dealkylation sites (N-methyl/N-ethyl adjacent to an activating group) is 1. The largest absolute Gasteiger partial charge is 0.306 e. The van der Waals surface area contributed by atoms with E-state index >= 15 is 0 Å². The summed E-state index contributed by atoms with van der Waals surface area (Å²) >= 11 is 0. The van der Waals surface area contributed by atoms with E-state index in [1.165, 1.54) is 16.7 Å². The van der Waals surface area contributed by atoms with Crippen LogP contribution < -0.4 is 0 Å². The predicted molar refractivity (Wildman–Crippen MR) is 72.0 cm³/mol. The third-order valence-corrected chi connectivity index (χ3v) is 3.09. The van der Waals surface area contributed by atoms with Crippen molar-refractivity contribution in [3.63, 3.8) is 0 Å². The van der Waals surface area contributed by atoms with Crippen molar-refractivity contribution in [2.45, 2.75) is 33.1 Å². The lowest BCUT2D eigenvalue weighted by Crippen LogP contribution is -2.22. The van der Waals surface area contributed by atoms with Gasteiger partial charge in [-0.25, -0.2) is 0 Å². The Bertz CT molecular complexity index is 390. The zero-order valence-electron chi connectivity index (χ0n) is 11.2. The number of rotatable bonds is 6. The second kappa shape index (κ2) is 7.09. The average Bonchev–Trinajstić information content (AvgIpc) is 2.28. The quantitative estimate of drug-likeness (QED) is 0.702. The zero-order chi connectivity index (χ0) is 12.7. The molecule has 0 saturated heterocycles. The van der Waals surface area contributed by atoms with Crippen LogP contribution in [0.4, 0.5) is 0 Å². The van der Waals surface area contributed by atoms with Gasteiger partial charge in [0.05, 0.1) is 6.07 Å². The van der Waals surface area contributed by atoms with E-state index in [2.05, 4.69) is 50.1 Å². The van der Waals surface area contributed by atoms with Gasteiger partial charge in [-0.1, -0.05) is 23.8 Å². The molecule has 1 aromatic rings. The summed E-state index contributed by atoms with van der Waals surface area (Å²) in [7, 11) is 2.13. The fraction of sp³-hybridized carbons (Fsp3) is 0.533. The minimum absolute atomic E-state index is 0.661. The van der Waals surface area contributed by atoms with Gasteiger partial charge in [-0.15, -0.1) is 0 Å². The lowest BCUT2D eigenvalue weighted by molar-refractivity contribution is 0.335. The number of nitriles is 1. The van der Waals surface area contributed by atoms with Crippen molar-refractivity contribution in [3.05, 3.63) is 34.9 Å². The maximum Gasteiger partial charge on any atom is 0.0622 e. The number of hydrogen-bond donors (Lipinski definition) is 0. The van der Waals surface area contributed by atoms with Crippen LogP contribution in [0.5, 0.6) is 0 Å². The van der Waals surface area contributed by atoms with Crippen molar-refractivity contribution in [1.82, 2.24) is 4.90 Å². The first-order valence-electron chi connectivity index (χ1n) is 6.25. The molecule has 17 heavy (non-hydrogen) atoms. The number of benzene rings is 1. The lowest BCUT2D eigenvalue weighted by Gasteiger charge is -2.16. The van der Waals surface area contributed by atoms with Crippen LogP contribution in [0.15, 0.2) is 18.2 Å². The van der Waals surface area contributed by atoms with Gasteiger partial charge in [-0.3, -0.25) is 0 Å². The van der Waals surface area contributed by atoms with Gasteiger partial charge in [0, 0.05) is 13.0 Å². The van der Waals surface area contributed by atoms with Gasteiger partial charge < -0.3 is 4.90 Å². The van der Waals surface area contributed by atoms with Gasteiger partial charge in [0.25, 0.3) is 0 Å².